The lowest BCUT2D eigenvalue weighted by molar-refractivity contribution is 0.0473. The first-order chi connectivity index (χ1) is 11.7. The summed E-state index contributed by atoms with van der Waals surface area (Å²) < 4.78 is 6.58. The summed E-state index contributed by atoms with van der Waals surface area (Å²) >= 11 is 4.69. The van der Waals surface area contributed by atoms with Crippen molar-refractivity contribution >= 4 is 50.1 Å². The number of hydrogen-bond acceptors (Lipinski definition) is 6. The third-order valence-electron chi connectivity index (χ3n) is 3.70. The van der Waals surface area contributed by atoms with Gasteiger partial charge in [0.2, 0.25) is 0 Å². The van der Waals surface area contributed by atoms with E-state index in [4.69, 9.17) is 4.74 Å². The highest BCUT2D eigenvalue weighted by atomic mass is 32.1. The molecule has 24 heavy (non-hydrogen) atoms. The molecule has 0 aliphatic carbocycles. The fourth-order valence-electron chi connectivity index (χ4n) is 2.47. The first-order valence-electron chi connectivity index (χ1n) is 7.34. The summed E-state index contributed by atoms with van der Waals surface area (Å²) in [5, 5.41) is 8.11. The van der Waals surface area contributed by atoms with Crippen LogP contribution in [0.3, 0.4) is 0 Å². The summed E-state index contributed by atoms with van der Waals surface area (Å²) in [6, 6.07) is 10.1. The highest BCUT2D eigenvalue weighted by Crippen LogP contribution is 2.31. The van der Waals surface area contributed by atoms with Gasteiger partial charge in [-0.3, -0.25) is 0 Å². The number of thiazole rings is 1. The molecule has 0 saturated carbocycles. The second kappa shape index (κ2) is 6.47. The number of aryl methyl sites for hydroxylation is 1. The van der Waals surface area contributed by atoms with Crippen LogP contribution in [0.2, 0.25) is 0 Å². The van der Waals surface area contributed by atoms with Gasteiger partial charge in [0.05, 0.1) is 5.69 Å². The zero-order chi connectivity index (χ0) is 16.5. The van der Waals surface area contributed by atoms with Crippen molar-refractivity contribution in [3.8, 4) is 10.6 Å². The summed E-state index contributed by atoms with van der Waals surface area (Å²) in [5.74, 6) is -0.279. The van der Waals surface area contributed by atoms with E-state index in [1.807, 2.05) is 48.0 Å². The van der Waals surface area contributed by atoms with Gasteiger partial charge in [0.15, 0.2) is 0 Å². The standard InChI is InChI=1S/C18H13NO2S3/c1-11-14-4-2-3-5-15(14)24-16(11)18(20)21-8-13-10-23-17(19-13)12-6-7-22-9-12/h2-7,9-10H,8H2,1H3. The van der Waals surface area contributed by atoms with Crippen LogP contribution >= 0.6 is 34.0 Å². The predicted molar refractivity (Wildman–Crippen MR) is 101 cm³/mol. The van der Waals surface area contributed by atoms with E-state index in [1.54, 1.807) is 22.7 Å². The Balaban J connectivity index is 1.49. The van der Waals surface area contributed by atoms with Crippen molar-refractivity contribution < 1.29 is 9.53 Å². The second-order valence-electron chi connectivity index (χ2n) is 5.28. The van der Waals surface area contributed by atoms with Crippen molar-refractivity contribution in [2.24, 2.45) is 0 Å². The topological polar surface area (TPSA) is 39.2 Å². The number of hydrogen-bond donors (Lipinski definition) is 0. The Morgan fingerprint density at radius 2 is 2.08 bits per heavy atom. The largest absolute Gasteiger partial charge is 0.455 e. The van der Waals surface area contributed by atoms with Gasteiger partial charge in [-0.1, -0.05) is 18.2 Å². The average molecular weight is 372 g/mol. The first-order valence-corrected chi connectivity index (χ1v) is 9.98. The van der Waals surface area contributed by atoms with Crippen LogP contribution in [0.4, 0.5) is 0 Å². The number of fused-ring (bicyclic) bond motifs is 1. The smallest absolute Gasteiger partial charge is 0.349 e. The predicted octanol–water partition coefficient (Wildman–Crippen LogP) is 5.75. The molecular formula is C18H13NO2S3. The van der Waals surface area contributed by atoms with Gasteiger partial charge in [-0.05, 0) is 35.4 Å². The summed E-state index contributed by atoms with van der Waals surface area (Å²) in [7, 11) is 0. The van der Waals surface area contributed by atoms with Gasteiger partial charge >= 0.3 is 5.97 Å². The van der Waals surface area contributed by atoms with E-state index >= 15 is 0 Å². The monoisotopic (exact) mass is 371 g/mol. The zero-order valence-electron chi connectivity index (χ0n) is 12.8. The Morgan fingerprint density at radius 3 is 2.88 bits per heavy atom. The number of esters is 1. The van der Waals surface area contributed by atoms with Crippen LogP contribution in [0, 0.1) is 6.92 Å². The lowest BCUT2D eigenvalue weighted by Crippen LogP contribution is -2.04. The Bertz CT molecular complexity index is 999. The van der Waals surface area contributed by atoms with E-state index in [0.29, 0.717) is 4.88 Å². The van der Waals surface area contributed by atoms with Crippen molar-refractivity contribution in [1.29, 1.82) is 0 Å². The molecule has 3 aromatic heterocycles. The first kappa shape index (κ1) is 15.5. The number of carbonyl (C=O) groups is 1. The molecule has 3 nitrogen and oxygen atoms in total. The SMILES string of the molecule is Cc1c(C(=O)OCc2csc(-c3ccsc3)n2)sc2ccccc12. The summed E-state index contributed by atoms with van der Waals surface area (Å²) in [6.07, 6.45) is 0. The Hall–Kier alpha value is -2.02. The van der Waals surface area contributed by atoms with Gasteiger partial charge in [0.25, 0.3) is 0 Å². The Kier molecular flexibility index (Phi) is 4.18. The average Bonchev–Trinajstić information content (AvgIpc) is 3.33. The molecule has 4 aromatic rings. The number of aromatic nitrogens is 1. The molecule has 0 bridgehead atoms. The van der Waals surface area contributed by atoms with Crippen molar-refractivity contribution in [2.75, 3.05) is 0 Å². The number of nitrogens with zero attached hydrogens (tertiary/aromatic N) is 1. The second-order valence-corrected chi connectivity index (χ2v) is 7.97. The van der Waals surface area contributed by atoms with Crippen LogP contribution in [-0.4, -0.2) is 11.0 Å². The van der Waals surface area contributed by atoms with Crippen LogP contribution in [-0.2, 0) is 11.3 Å². The lowest BCUT2D eigenvalue weighted by Gasteiger charge is -2.01. The van der Waals surface area contributed by atoms with Gasteiger partial charge in [0, 0.05) is 21.0 Å². The maximum Gasteiger partial charge on any atom is 0.349 e. The Labute approximate surface area is 151 Å². The third kappa shape index (κ3) is 2.88. The van der Waals surface area contributed by atoms with Crippen LogP contribution in [0.1, 0.15) is 20.9 Å². The van der Waals surface area contributed by atoms with E-state index in [-0.39, 0.29) is 12.6 Å². The fourth-order valence-corrected chi connectivity index (χ4v) is 5.09. The molecule has 0 N–H and O–H groups in total. The summed E-state index contributed by atoms with van der Waals surface area (Å²) in [4.78, 5) is 17.6. The molecule has 6 heteroatoms. The van der Waals surface area contributed by atoms with Crippen molar-refractivity contribution in [1.82, 2.24) is 4.98 Å². The number of thiophene rings is 2. The summed E-state index contributed by atoms with van der Waals surface area (Å²) in [5.41, 5.74) is 2.88. The van der Waals surface area contributed by atoms with Crippen LogP contribution in [0.15, 0.2) is 46.5 Å². The maximum absolute atomic E-state index is 12.4. The molecule has 0 radical (unpaired) electrons. The third-order valence-corrected chi connectivity index (χ3v) is 6.58. The zero-order valence-corrected chi connectivity index (χ0v) is 15.3. The number of carbonyl (C=O) groups excluding carboxylic acids is 1. The molecule has 0 fully saturated rings. The van der Waals surface area contributed by atoms with Gasteiger partial charge in [-0.25, -0.2) is 9.78 Å². The molecule has 0 spiro atoms. The molecule has 1 aromatic carbocycles. The van der Waals surface area contributed by atoms with E-state index < -0.39 is 0 Å². The molecule has 4 rings (SSSR count). The molecular weight excluding hydrogens is 358 g/mol. The van der Waals surface area contributed by atoms with Crippen molar-refractivity contribution in [3.05, 3.63) is 62.6 Å². The minimum atomic E-state index is -0.279. The molecule has 0 saturated heterocycles. The number of ether oxygens (including phenoxy) is 1. The van der Waals surface area contributed by atoms with E-state index in [9.17, 15) is 4.79 Å². The van der Waals surface area contributed by atoms with Gasteiger partial charge in [0.1, 0.15) is 16.5 Å². The molecule has 0 aliphatic heterocycles. The minimum absolute atomic E-state index is 0.202. The molecule has 0 amide bonds. The quantitative estimate of drug-likeness (QED) is 0.429. The van der Waals surface area contributed by atoms with Crippen LogP contribution < -0.4 is 0 Å². The normalized spacial score (nSPS) is 11.0. The van der Waals surface area contributed by atoms with Crippen molar-refractivity contribution in [3.63, 3.8) is 0 Å². The van der Waals surface area contributed by atoms with Gasteiger partial charge in [-0.15, -0.1) is 22.7 Å². The minimum Gasteiger partial charge on any atom is -0.455 e. The van der Waals surface area contributed by atoms with Gasteiger partial charge in [-0.2, -0.15) is 11.3 Å². The Morgan fingerprint density at radius 1 is 1.21 bits per heavy atom. The summed E-state index contributed by atoms with van der Waals surface area (Å²) in [6.45, 7) is 2.17. The van der Waals surface area contributed by atoms with Crippen LogP contribution in [0.5, 0.6) is 0 Å². The molecule has 120 valence electrons. The highest BCUT2D eigenvalue weighted by molar-refractivity contribution is 7.21. The van der Waals surface area contributed by atoms with Crippen molar-refractivity contribution in [2.45, 2.75) is 13.5 Å². The van der Waals surface area contributed by atoms with E-state index in [1.165, 1.54) is 11.3 Å². The van der Waals surface area contributed by atoms with Gasteiger partial charge < -0.3 is 4.74 Å². The maximum atomic E-state index is 12.4. The molecule has 0 aliphatic rings. The van der Waals surface area contributed by atoms with E-state index in [2.05, 4.69) is 10.4 Å². The molecule has 3 heterocycles. The lowest BCUT2D eigenvalue weighted by atomic mass is 10.1. The molecule has 0 atom stereocenters. The van der Waals surface area contributed by atoms with E-state index in [0.717, 1.165) is 31.9 Å². The number of rotatable bonds is 4. The number of benzene rings is 1. The van der Waals surface area contributed by atoms with Crippen LogP contribution in [0.25, 0.3) is 20.7 Å². The molecule has 0 unspecified atom stereocenters. The highest BCUT2D eigenvalue weighted by Gasteiger charge is 2.17. The fraction of sp³-hybridized carbons (Fsp3) is 0.111.